The van der Waals surface area contributed by atoms with Gasteiger partial charge in [-0.2, -0.15) is 0 Å². The number of halogens is 1. The van der Waals surface area contributed by atoms with Gasteiger partial charge in [0.2, 0.25) is 0 Å². The molecule has 5 nitrogen and oxygen atoms in total. The summed E-state index contributed by atoms with van der Waals surface area (Å²) in [4.78, 5) is 17.2. The predicted octanol–water partition coefficient (Wildman–Crippen LogP) is 4.71. The minimum Gasteiger partial charge on any atom is -0.495 e. The standard InChI is InChI=1S/C22H18FN3O2/c1-14-6-7-16(11-17(14)23)22(27)25-18-12-15(8-9-20(18)28-2)19-13-26-10-4-3-5-21(26)24-19/h3-13H,1-2H3,(H,25,27). The number of nitrogens with one attached hydrogen (secondary N) is 1. The number of carbonyl (C=O) groups is 1. The van der Waals surface area contributed by atoms with Crippen molar-refractivity contribution in [3.63, 3.8) is 0 Å². The first-order valence-corrected chi connectivity index (χ1v) is 8.75. The van der Waals surface area contributed by atoms with Crippen LogP contribution in [0.3, 0.4) is 0 Å². The second kappa shape index (κ2) is 7.15. The minimum atomic E-state index is -0.418. The van der Waals surface area contributed by atoms with Crippen molar-refractivity contribution in [2.24, 2.45) is 0 Å². The van der Waals surface area contributed by atoms with Crippen molar-refractivity contribution >= 4 is 17.2 Å². The number of methoxy groups -OCH3 is 1. The fraction of sp³-hybridized carbons (Fsp3) is 0.0909. The molecule has 2 aromatic carbocycles. The maximum absolute atomic E-state index is 13.8. The van der Waals surface area contributed by atoms with E-state index in [4.69, 9.17) is 4.74 Å². The Labute approximate surface area is 161 Å². The molecule has 4 rings (SSSR count). The summed E-state index contributed by atoms with van der Waals surface area (Å²) in [6.07, 6.45) is 3.84. The van der Waals surface area contributed by atoms with E-state index in [2.05, 4.69) is 10.3 Å². The molecule has 2 heterocycles. The number of rotatable bonds is 4. The zero-order valence-electron chi connectivity index (χ0n) is 15.4. The second-order valence-corrected chi connectivity index (χ2v) is 6.43. The van der Waals surface area contributed by atoms with Crippen molar-refractivity contribution in [3.8, 4) is 17.0 Å². The van der Waals surface area contributed by atoms with Crippen molar-refractivity contribution in [1.29, 1.82) is 0 Å². The van der Waals surface area contributed by atoms with Gasteiger partial charge in [0.05, 0.1) is 18.5 Å². The average Bonchev–Trinajstić information content (AvgIpc) is 3.14. The Morgan fingerprint density at radius 3 is 2.75 bits per heavy atom. The molecule has 0 aliphatic heterocycles. The van der Waals surface area contributed by atoms with Crippen LogP contribution >= 0.6 is 0 Å². The van der Waals surface area contributed by atoms with Gasteiger partial charge in [0.15, 0.2) is 0 Å². The number of anilines is 1. The molecular weight excluding hydrogens is 357 g/mol. The zero-order valence-corrected chi connectivity index (χ0v) is 15.4. The number of amides is 1. The molecule has 0 radical (unpaired) electrons. The van der Waals surface area contributed by atoms with Gasteiger partial charge in [0.1, 0.15) is 17.2 Å². The first kappa shape index (κ1) is 17.7. The molecule has 0 bridgehead atoms. The Kier molecular flexibility index (Phi) is 4.53. The topological polar surface area (TPSA) is 55.6 Å². The summed E-state index contributed by atoms with van der Waals surface area (Å²) in [5.41, 5.74) is 3.64. The lowest BCUT2D eigenvalue weighted by atomic mass is 10.1. The number of hydrogen-bond acceptors (Lipinski definition) is 3. The van der Waals surface area contributed by atoms with Crippen LogP contribution in [0, 0.1) is 12.7 Å². The fourth-order valence-corrected chi connectivity index (χ4v) is 2.97. The summed E-state index contributed by atoms with van der Waals surface area (Å²) < 4.78 is 21.1. The molecule has 140 valence electrons. The summed E-state index contributed by atoms with van der Waals surface area (Å²) in [7, 11) is 1.53. The lowest BCUT2D eigenvalue weighted by Gasteiger charge is -2.12. The van der Waals surface area contributed by atoms with Crippen molar-refractivity contribution in [2.75, 3.05) is 12.4 Å². The number of aryl methyl sites for hydroxylation is 1. The van der Waals surface area contributed by atoms with Crippen LogP contribution < -0.4 is 10.1 Å². The molecular formula is C22H18FN3O2. The monoisotopic (exact) mass is 375 g/mol. The van der Waals surface area contributed by atoms with E-state index in [-0.39, 0.29) is 5.56 Å². The number of nitrogens with zero attached hydrogens (tertiary/aromatic N) is 2. The number of fused-ring (bicyclic) bond motifs is 1. The van der Waals surface area contributed by atoms with E-state index in [0.29, 0.717) is 17.0 Å². The van der Waals surface area contributed by atoms with E-state index < -0.39 is 11.7 Å². The Balaban J connectivity index is 1.68. The third-order valence-electron chi connectivity index (χ3n) is 4.54. The lowest BCUT2D eigenvalue weighted by molar-refractivity contribution is 0.102. The molecule has 1 amide bonds. The maximum Gasteiger partial charge on any atom is 0.255 e. The first-order valence-electron chi connectivity index (χ1n) is 8.75. The SMILES string of the molecule is COc1ccc(-c2cn3ccccc3n2)cc1NC(=O)c1ccc(C)c(F)c1. The molecule has 0 saturated heterocycles. The number of pyridine rings is 1. The van der Waals surface area contributed by atoms with Crippen molar-refractivity contribution in [2.45, 2.75) is 6.92 Å². The van der Waals surface area contributed by atoms with Crippen LogP contribution in [0.15, 0.2) is 67.0 Å². The highest BCUT2D eigenvalue weighted by Crippen LogP contribution is 2.31. The van der Waals surface area contributed by atoms with Crippen LogP contribution in [-0.4, -0.2) is 22.4 Å². The number of ether oxygens (including phenoxy) is 1. The number of hydrogen-bond donors (Lipinski definition) is 1. The molecule has 6 heteroatoms. The van der Waals surface area contributed by atoms with Gasteiger partial charge < -0.3 is 14.5 Å². The van der Waals surface area contributed by atoms with Crippen molar-refractivity contribution in [3.05, 3.63) is 83.9 Å². The third-order valence-corrected chi connectivity index (χ3v) is 4.54. The van der Waals surface area contributed by atoms with E-state index >= 15 is 0 Å². The number of imidazole rings is 1. The van der Waals surface area contributed by atoms with Gasteiger partial charge in [-0.3, -0.25) is 4.79 Å². The fourth-order valence-electron chi connectivity index (χ4n) is 2.97. The van der Waals surface area contributed by atoms with Gasteiger partial charge in [0, 0.05) is 23.5 Å². The van der Waals surface area contributed by atoms with Gasteiger partial charge >= 0.3 is 0 Å². The minimum absolute atomic E-state index is 0.239. The van der Waals surface area contributed by atoms with Gasteiger partial charge in [-0.15, -0.1) is 0 Å². The largest absolute Gasteiger partial charge is 0.495 e. The summed E-state index contributed by atoms with van der Waals surface area (Å²) in [6, 6.07) is 15.6. The molecule has 0 aliphatic rings. The molecule has 28 heavy (non-hydrogen) atoms. The number of carbonyl (C=O) groups excluding carboxylic acids is 1. The van der Waals surface area contributed by atoms with E-state index in [9.17, 15) is 9.18 Å². The molecule has 0 saturated carbocycles. The van der Waals surface area contributed by atoms with Crippen molar-refractivity contribution in [1.82, 2.24) is 9.38 Å². The van der Waals surface area contributed by atoms with Crippen molar-refractivity contribution < 1.29 is 13.9 Å². The van der Waals surface area contributed by atoms with Gasteiger partial charge in [0.25, 0.3) is 5.91 Å². The normalized spacial score (nSPS) is 10.8. The summed E-state index contributed by atoms with van der Waals surface area (Å²) >= 11 is 0. The highest BCUT2D eigenvalue weighted by Gasteiger charge is 2.14. The summed E-state index contributed by atoms with van der Waals surface area (Å²) in [5.74, 6) is -0.323. The van der Waals surface area contributed by atoms with Crippen LogP contribution in [0.25, 0.3) is 16.9 Å². The summed E-state index contributed by atoms with van der Waals surface area (Å²) in [6.45, 7) is 1.65. The van der Waals surface area contributed by atoms with Crippen LogP contribution in [0.5, 0.6) is 5.75 Å². The van der Waals surface area contributed by atoms with Crippen LogP contribution in [0.4, 0.5) is 10.1 Å². The van der Waals surface area contributed by atoms with Gasteiger partial charge in [-0.1, -0.05) is 12.1 Å². The molecule has 0 spiro atoms. The highest BCUT2D eigenvalue weighted by molar-refractivity contribution is 6.05. The third kappa shape index (κ3) is 3.32. The molecule has 1 N–H and O–H groups in total. The summed E-state index contributed by atoms with van der Waals surface area (Å²) in [5, 5.41) is 2.80. The van der Waals surface area contributed by atoms with Crippen LogP contribution in [0.2, 0.25) is 0 Å². The molecule has 0 aliphatic carbocycles. The molecule has 2 aromatic heterocycles. The van der Waals surface area contributed by atoms with E-state index in [1.54, 1.807) is 31.2 Å². The Morgan fingerprint density at radius 1 is 1.14 bits per heavy atom. The molecule has 4 aromatic rings. The second-order valence-electron chi connectivity index (χ2n) is 6.43. The molecule has 0 fully saturated rings. The van der Waals surface area contributed by atoms with E-state index in [1.165, 1.54) is 13.2 Å². The predicted molar refractivity (Wildman–Crippen MR) is 106 cm³/mol. The Bertz CT molecular complexity index is 1150. The lowest BCUT2D eigenvalue weighted by Crippen LogP contribution is -2.13. The quantitative estimate of drug-likeness (QED) is 0.562. The number of benzene rings is 2. The maximum atomic E-state index is 13.8. The molecule has 0 atom stereocenters. The van der Waals surface area contributed by atoms with Gasteiger partial charge in [-0.05, 0) is 55.0 Å². The average molecular weight is 375 g/mol. The number of aromatic nitrogens is 2. The Morgan fingerprint density at radius 2 is 2.00 bits per heavy atom. The van der Waals surface area contributed by atoms with E-state index in [0.717, 1.165) is 16.9 Å². The van der Waals surface area contributed by atoms with E-state index in [1.807, 2.05) is 41.1 Å². The highest BCUT2D eigenvalue weighted by atomic mass is 19.1. The van der Waals surface area contributed by atoms with Gasteiger partial charge in [-0.25, -0.2) is 9.37 Å². The van der Waals surface area contributed by atoms with Crippen LogP contribution in [-0.2, 0) is 0 Å². The zero-order chi connectivity index (χ0) is 19.7. The smallest absolute Gasteiger partial charge is 0.255 e. The first-order chi connectivity index (χ1) is 13.5. The van der Waals surface area contributed by atoms with Crippen LogP contribution in [0.1, 0.15) is 15.9 Å². The molecule has 0 unspecified atom stereocenters. The Hall–Kier alpha value is -3.67.